The molecule has 0 spiro atoms. The van der Waals surface area contributed by atoms with Crippen LogP contribution >= 0.6 is 0 Å². The summed E-state index contributed by atoms with van der Waals surface area (Å²) in [6.45, 7) is 7.30. The van der Waals surface area contributed by atoms with Crippen molar-refractivity contribution in [2.75, 3.05) is 13.1 Å². The number of carboxylic acid groups (broad SMARTS) is 1. The van der Waals surface area contributed by atoms with E-state index in [0.717, 1.165) is 25.9 Å². The number of hydrogen-bond donors (Lipinski definition) is 2. The molecular weight excluding hydrogens is 220 g/mol. The lowest BCUT2D eigenvalue weighted by atomic mass is 9.99. The van der Waals surface area contributed by atoms with Crippen LogP contribution in [-0.4, -0.2) is 41.1 Å². The molecular formula is C12H22N2O3. The number of likely N-dealkylation sites (tertiary alicyclic amines) is 1. The molecule has 5 nitrogen and oxygen atoms in total. The minimum absolute atomic E-state index is 0.0588. The number of urea groups is 1. The Balaban J connectivity index is 2.55. The summed E-state index contributed by atoms with van der Waals surface area (Å²) >= 11 is 0. The average Bonchev–Trinajstić information content (AvgIpc) is 2.71. The number of rotatable bonds is 4. The molecule has 2 N–H and O–H groups in total. The van der Waals surface area contributed by atoms with E-state index in [1.807, 2.05) is 13.8 Å². The van der Waals surface area contributed by atoms with Crippen LogP contribution in [0.3, 0.4) is 0 Å². The van der Waals surface area contributed by atoms with E-state index in [4.69, 9.17) is 5.11 Å². The summed E-state index contributed by atoms with van der Waals surface area (Å²) in [5.41, 5.74) is 0. The van der Waals surface area contributed by atoms with E-state index in [1.165, 1.54) is 0 Å². The number of nitrogens with zero attached hydrogens (tertiary/aromatic N) is 1. The highest BCUT2D eigenvalue weighted by Gasteiger charge is 2.29. The average molecular weight is 242 g/mol. The quantitative estimate of drug-likeness (QED) is 0.785. The van der Waals surface area contributed by atoms with Crippen molar-refractivity contribution < 1.29 is 14.7 Å². The predicted octanol–water partition coefficient (Wildman–Crippen LogP) is 1.54. The van der Waals surface area contributed by atoms with Crippen LogP contribution in [0.1, 0.15) is 33.6 Å². The molecule has 1 fully saturated rings. The Kier molecular flexibility index (Phi) is 4.78. The normalized spacial score (nSPS) is 23.2. The Bertz CT molecular complexity index is 293. The lowest BCUT2D eigenvalue weighted by molar-refractivity contribution is -0.140. The fraction of sp³-hybridized carbons (Fsp3) is 0.833. The van der Waals surface area contributed by atoms with Crippen molar-refractivity contribution in [2.24, 2.45) is 11.8 Å². The Labute approximate surface area is 102 Å². The van der Waals surface area contributed by atoms with E-state index in [0.29, 0.717) is 5.92 Å². The summed E-state index contributed by atoms with van der Waals surface area (Å²) in [5, 5.41) is 11.7. The van der Waals surface area contributed by atoms with Gasteiger partial charge in [-0.1, -0.05) is 27.2 Å². The maximum atomic E-state index is 11.9. The third-order valence-electron chi connectivity index (χ3n) is 3.47. The van der Waals surface area contributed by atoms with Gasteiger partial charge in [0.15, 0.2) is 0 Å². The van der Waals surface area contributed by atoms with Gasteiger partial charge in [-0.05, 0) is 18.3 Å². The molecule has 2 amide bonds. The number of hydrogen-bond acceptors (Lipinski definition) is 2. The first-order chi connectivity index (χ1) is 7.95. The second-order valence-corrected chi connectivity index (χ2v) is 4.99. The number of amides is 2. The minimum atomic E-state index is -0.958. The lowest BCUT2D eigenvalue weighted by Crippen LogP contribution is -2.50. The van der Waals surface area contributed by atoms with Gasteiger partial charge in [0.05, 0.1) is 0 Å². The molecule has 1 rings (SSSR count). The van der Waals surface area contributed by atoms with E-state index in [1.54, 1.807) is 4.90 Å². The SMILES string of the molecule is CCC(C)C(NC(=O)N1CCC(C)C1)C(=O)O. The number of aliphatic carboxylic acids is 1. The van der Waals surface area contributed by atoms with Crippen molar-refractivity contribution in [1.29, 1.82) is 0 Å². The van der Waals surface area contributed by atoms with Gasteiger partial charge in [0.25, 0.3) is 0 Å². The first-order valence-corrected chi connectivity index (χ1v) is 6.24. The zero-order chi connectivity index (χ0) is 13.0. The van der Waals surface area contributed by atoms with Gasteiger partial charge in [-0.2, -0.15) is 0 Å². The zero-order valence-corrected chi connectivity index (χ0v) is 10.8. The third kappa shape index (κ3) is 3.61. The van der Waals surface area contributed by atoms with Crippen LogP contribution in [-0.2, 0) is 4.79 Å². The molecule has 1 aliphatic heterocycles. The van der Waals surface area contributed by atoms with Crippen LogP contribution in [0.25, 0.3) is 0 Å². The Hall–Kier alpha value is -1.26. The van der Waals surface area contributed by atoms with Crippen LogP contribution in [0, 0.1) is 11.8 Å². The topological polar surface area (TPSA) is 69.6 Å². The summed E-state index contributed by atoms with van der Waals surface area (Å²) in [6.07, 6.45) is 1.72. The summed E-state index contributed by atoms with van der Waals surface area (Å²) in [4.78, 5) is 24.7. The van der Waals surface area contributed by atoms with E-state index in [2.05, 4.69) is 12.2 Å². The standard InChI is InChI=1S/C12H22N2O3/c1-4-9(3)10(11(15)16)13-12(17)14-6-5-8(2)7-14/h8-10H,4-7H2,1-3H3,(H,13,17)(H,15,16). The van der Waals surface area contributed by atoms with Gasteiger partial charge >= 0.3 is 12.0 Å². The lowest BCUT2D eigenvalue weighted by Gasteiger charge is -2.24. The van der Waals surface area contributed by atoms with Gasteiger partial charge in [0.2, 0.25) is 0 Å². The van der Waals surface area contributed by atoms with Crippen LogP contribution in [0.4, 0.5) is 4.79 Å². The van der Waals surface area contributed by atoms with Gasteiger partial charge in [-0.25, -0.2) is 9.59 Å². The molecule has 0 aromatic heterocycles. The molecule has 0 bridgehead atoms. The Morgan fingerprint density at radius 2 is 2.18 bits per heavy atom. The number of carboxylic acids is 1. The van der Waals surface area contributed by atoms with Crippen LogP contribution in [0.2, 0.25) is 0 Å². The van der Waals surface area contributed by atoms with Crippen molar-refractivity contribution in [3.63, 3.8) is 0 Å². The smallest absolute Gasteiger partial charge is 0.326 e. The second kappa shape index (κ2) is 5.89. The third-order valence-corrected chi connectivity index (χ3v) is 3.47. The van der Waals surface area contributed by atoms with Crippen LogP contribution < -0.4 is 5.32 Å². The second-order valence-electron chi connectivity index (χ2n) is 4.99. The van der Waals surface area contributed by atoms with Gasteiger partial charge < -0.3 is 15.3 Å². The van der Waals surface area contributed by atoms with Crippen molar-refractivity contribution in [2.45, 2.75) is 39.7 Å². The highest BCUT2D eigenvalue weighted by atomic mass is 16.4. The van der Waals surface area contributed by atoms with E-state index >= 15 is 0 Å². The van der Waals surface area contributed by atoms with Gasteiger partial charge in [-0.3, -0.25) is 0 Å². The highest BCUT2D eigenvalue weighted by molar-refractivity contribution is 5.82. The van der Waals surface area contributed by atoms with Crippen molar-refractivity contribution >= 4 is 12.0 Å². The molecule has 17 heavy (non-hydrogen) atoms. The summed E-state index contributed by atoms with van der Waals surface area (Å²) in [5.74, 6) is -0.510. The fourth-order valence-corrected chi connectivity index (χ4v) is 2.03. The molecule has 3 atom stereocenters. The summed E-state index contributed by atoms with van der Waals surface area (Å²) < 4.78 is 0. The summed E-state index contributed by atoms with van der Waals surface area (Å²) in [7, 11) is 0. The maximum absolute atomic E-state index is 11.9. The fourth-order valence-electron chi connectivity index (χ4n) is 2.03. The molecule has 0 radical (unpaired) electrons. The molecule has 1 heterocycles. The van der Waals surface area contributed by atoms with Crippen LogP contribution in [0.15, 0.2) is 0 Å². The molecule has 1 aliphatic rings. The largest absolute Gasteiger partial charge is 0.480 e. The predicted molar refractivity (Wildman–Crippen MR) is 64.8 cm³/mol. The minimum Gasteiger partial charge on any atom is -0.480 e. The molecule has 1 saturated heterocycles. The Morgan fingerprint density at radius 1 is 1.53 bits per heavy atom. The van der Waals surface area contributed by atoms with E-state index in [-0.39, 0.29) is 11.9 Å². The molecule has 0 aromatic carbocycles. The molecule has 5 heteroatoms. The van der Waals surface area contributed by atoms with Crippen molar-refractivity contribution in [3.05, 3.63) is 0 Å². The van der Waals surface area contributed by atoms with Gasteiger partial charge in [-0.15, -0.1) is 0 Å². The number of carbonyl (C=O) groups is 2. The molecule has 3 unspecified atom stereocenters. The highest BCUT2D eigenvalue weighted by Crippen LogP contribution is 2.16. The van der Waals surface area contributed by atoms with Gasteiger partial charge in [0.1, 0.15) is 6.04 Å². The molecule has 98 valence electrons. The van der Waals surface area contributed by atoms with Crippen molar-refractivity contribution in [3.8, 4) is 0 Å². The molecule has 0 saturated carbocycles. The Morgan fingerprint density at radius 3 is 2.59 bits per heavy atom. The van der Waals surface area contributed by atoms with Crippen molar-refractivity contribution in [1.82, 2.24) is 10.2 Å². The van der Waals surface area contributed by atoms with E-state index < -0.39 is 12.0 Å². The first kappa shape index (κ1) is 13.8. The monoisotopic (exact) mass is 242 g/mol. The zero-order valence-electron chi connectivity index (χ0n) is 10.8. The summed E-state index contributed by atoms with van der Waals surface area (Å²) in [6, 6.07) is -1.04. The van der Waals surface area contributed by atoms with Crippen LogP contribution in [0.5, 0.6) is 0 Å². The van der Waals surface area contributed by atoms with E-state index in [9.17, 15) is 9.59 Å². The first-order valence-electron chi connectivity index (χ1n) is 6.24. The number of carbonyl (C=O) groups excluding carboxylic acids is 1. The number of nitrogens with one attached hydrogen (secondary N) is 1. The molecule has 0 aliphatic carbocycles. The van der Waals surface area contributed by atoms with Gasteiger partial charge in [0, 0.05) is 13.1 Å². The molecule has 0 aromatic rings. The maximum Gasteiger partial charge on any atom is 0.326 e.